The number of nitro groups is 1. The molecule has 0 amide bonds. The van der Waals surface area contributed by atoms with E-state index in [0.717, 1.165) is 6.42 Å². The number of benzene rings is 2. The zero-order valence-corrected chi connectivity index (χ0v) is 14.9. The lowest BCUT2D eigenvalue weighted by Crippen LogP contribution is -2.22. The predicted molar refractivity (Wildman–Crippen MR) is 102 cm³/mol. The van der Waals surface area contributed by atoms with Gasteiger partial charge in [-0.05, 0) is 37.1 Å². The zero-order valence-electron chi connectivity index (χ0n) is 14.9. The van der Waals surface area contributed by atoms with Crippen LogP contribution in [0.5, 0.6) is 5.75 Å². The molecule has 27 heavy (non-hydrogen) atoms. The van der Waals surface area contributed by atoms with Crippen molar-refractivity contribution >= 4 is 22.8 Å². The maximum absolute atomic E-state index is 12.8. The molecule has 0 aliphatic heterocycles. The van der Waals surface area contributed by atoms with E-state index >= 15 is 0 Å². The molecule has 3 aromatic rings. The number of nitro benzene ring substituents is 1. The van der Waals surface area contributed by atoms with E-state index in [2.05, 4.69) is 10.1 Å². The minimum absolute atomic E-state index is 0.157. The van der Waals surface area contributed by atoms with Crippen LogP contribution in [0, 0.1) is 17.0 Å². The van der Waals surface area contributed by atoms with Gasteiger partial charge in [-0.2, -0.15) is 9.78 Å². The molecule has 0 saturated carbocycles. The monoisotopic (exact) mass is 366 g/mol. The summed E-state index contributed by atoms with van der Waals surface area (Å²) in [6, 6.07) is 9.82. The number of phenolic OH excluding ortho intramolecular Hbond substituents is 1. The Bertz CT molecular complexity index is 1120. The number of hydrogen-bond acceptors (Lipinski definition) is 6. The van der Waals surface area contributed by atoms with Crippen molar-refractivity contribution in [1.82, 2.24) is 9.66 Å². The Morgan fingerprint density at radius 3 is 2.78 bits per heavy atom. The summed E-state index contributed by atoms with van der Waals surface area (Å²) in [6.45, 7) is 3.64. The van der Waals surface area contributed by atoms with Gasteiger partial charge in [0.15, 0.2) is 0 Å². The molecule has 8 heteroatoms. The second-order valence-electron chi connectivity index (χ2n) is 6.14. The molecule has 138 valence electrons. The van der Waals surface area contributed by atoms with E-state index < -0.39 is 16.4 Å². The lowest BCUT2D eigenvalue weighted by Gasteiger charge is -2.08. The molecule has 3 rings (SSSR count). The molecule has 0 aliphatic rings. The molecule has 0 saturated heterocycles. The summed E-state index contributed by atoms with van der Waals surface area (Å²) in [5.74, 6) is -0.00715. The fourth-order valence-corrected chi connectivity index (χ4v) is 2.82. The molecule has 0 radical (unpaired) electrons. The minimum Gasteiger partial charge on any atom is -0.502 e. The van der Waals surface area contributed by atoms with E-state index in [9.17, 15) is 20.0 Å². The highest BCUT2D eigenvalue weighted by molar-refractivity contribution is 5.86. The molecular formula is C19H18N4O4. The van der Waals surface area contributed by atoms with Gasteiger partial charge in [0.05, 0.1) is 22.0 Å². The Labute approximate surface area is 154 Å². The van der Waals surface area contributed by atoms with Crippen LogP contribution in [0.4, 0.5) is 5.69 Å². The lowest BCUT2D eigenvalue weighted by molar-refractivity contribution is -0.385. The van der Waals surface area contributed by atoms with Gasteiger partial charge in [-0.25, -0.2) is 4.98 Å². The van der Waals surface area contributed by atoms with Gasteiger partial charge in [0.2, 0.25) is 5.75 Å². The quantitative estimate of drug-likeness (QED) is 0.424. The Kier molecular flexibility index (Phi) is 4.98. The summed E-state index contributed by atoms with van der Waals surface area (Å²) in [5.41, 5.74) is 0.602. The standard InChI is InChI=1S/C19H18N4O4/c1-3-6-17-21-15-8-5-4-7-14(15)19(25)22(17)20-11-13-9-12(2)10-16(18(13)24)23(26)27/h4-5,7-11,24H,3,6H2,1-2H3/b20-11-. The summed E-state index contributed by atoms with van der Waals surface area (Å²) in [7, 11) is 0. The maximum atomic E-state index is 12.8. The first kappa shape index (κ1) is 18.2. The zero-order chi connectivity index (χ0) is 19.6. The molecular weight excluding hydrogens is 348 g/mol. The summed E-state index contributed by atoms with van der Waals surface area (Å²) >= 11 is 0. The predicted octanol–water partition coefficient (Wildman–Crippen LogP) is 3.15. The molecule has 0 unspecified atom stereocenters. The van der Waals surface area contributed by atoms with Crippen molar-refractivity contribution in [2.24, 2.45) is 5.10 Å². The number of aryl methyl sites for hydroxylation is 2. The Morgan fingerprint density at radius 1 is 1.33 bits per heavy atom. The highest BCUT2D eigenvalue weighted by atomic mass is 16.6. The van der Waals surface area contributed by atoms with Crippen molar-refractivity contribution in [3.63, 3.8) is 0 Å². The number of nitrogens with zero attached hydrogens (tertiary/aromatic N) is 4. The van der Waals surface area contributed by atoms with Crippen LogP contribution in [0.25, 0.3) is 10.9 Å². The normalized spacial score (nSPS) is 11.3. The van der Waals surface area contributed by atoms with Crippen LogP contribution in [0.3, 0.4) is 0 Å². The van der Waals surface area contributed by atoms with Gasteiger partial charge in [-0.3, -0.25) is 14.9 Å². The Balaban J connectivity index is 2.17. The van der Waals surface area contributed by atoms with Crippen molar-refractivity contribution in [3.8, 4) is 5.75 Å². The van der Waals surface area contributed by atoms with Crippen LogP contribution in [-0.2, 0) is 6.42 Å². The number of para-hydroxylation sites is 1. The van der Waals surface area contributed by atoms with E-state index in [-0.39, 0.29) is 11.1 Å². The molecule has 0 fully saturated rings. The first-order chi connectivity index (χ1) is 12.9. The summed E-state index contributed by atoms with van der Waals surface area (Å²) in [5, 5.41) is 25.8. The number of rotatable bonds is 5. The van der Waals surface area contributed by atoms with Gasteiger partial charge in [-0.1, -0.05) is 19.1 Å². The number of aromatic nitrogens is 2. The Morgan fingerprint density at radius 2 is 2.07 bits per heavy atom. The van der Waals surface area contributed by atoms with E-state index in [4.69, 9.17) is 0 Å². The van der Waals surface area contributed by atoms with Gasteiger partial charge >= 0.3 is 5.69 Å². The van der Waals surface area contributed by atoms with Crippen molar-refractivity contribution in [2.45, 2.75) is 26.7 Å². The van der Waals surface area contributed by atoms with Crippen molar-refractivity contribution in [3.05, 3.63) is 73.8 Å². The van der Waals surface area contributed by atoms with E-state index in [1.54, 1.807) is 31.2 Å². The van der Waals surface area contributed by atoms with Crippen LogP contribution >= 0.6 is 0 Å². The van der Waals surface area contributed by atoms with Gasteiger partial charge in [0.25, 0.3) is 5.56 Å². The lowest BCUT2D eigenvalue weighted by atomic mass is 10.1. The second kappa shape index (κ2) is 7.36. The first-order valence-corrected chi connectivity index (χ1v) is 8.45. The molecule has 1 aromatic heterocycles. The summed E-state index contributed by atoms with van der Waals surface area (Å²) in [6.07, 6.45) is 2.55. The van der Waals surface area contributed by atoms with Gasteiger partial charge < -0.3 is 5.11 Å². The van der Waals surface area contributed by atoms with Gasteiger partial charge in [0, 0.05) is 18.1 Å². The third kappa shape index (κ3) is 3.55. The van der Waals surface area contributed by atoms with Crippen LogP contribution in [0.15, 0.2) is 46.3 Å². The molecule has 0 bridgehead atoms. The molecule has 1 N–H and O–H groups in total. The number of hydrogen-bond donors (Lipinski definition) is 1. The number of aromatic hydroxyl groups is 1. The molecule has 1 heterocycles. The highest BCUT2D eigenvalue weighted by Crippen LogP contribution is 2.30. The maximum Gasteiger partial charge on any atom is 0.311 e. The molecule has 0 aliphatic carbocycles. The average molecular weight is 366 g/mol. The average Bonchev–Trinajstić information content (AvgIpc) is 2.64. The number of phenols is 1. The van der Waals surface area contributed by atoms with Gasteiger partial charge in [0.1, 0.15) is 5.82 Å². The molecule has 2 aromatic carbocycles. The van der Waals surface area contributed by atoms with Crippen LogP contribution in [0.1, 0.15) is 30.3 Å². The third-order valence-electron chi connectivity index (χ3n) is 4.07. The second-order valence-corrected chi connectivity index (χ2v) is 6.14. The summed E-state index contributed by atoms with van der Waals surface area (Å²) < 4.78 is 1.18. The summed E-state index contributed by atoms with van der Waals surface area (Å²) in [4.78, 5) is 27.7. The molecule has 0 spiro atoms. The van der Waals surface area contributed by atoms with Crippen molar-refractivity contribution in [1.29, 1.82) is 0 Å². The van der Waals surface area contributed by atoms with Crippen LogP contribution < -0.4 is 5.56 Å². The molecule has 8 nitrogen and oxygen atoms in total. The van der Waals surface area contributed by atoms with E-state index in [1.165, 1.54) is 17.0 Å². The largest absolute Gasteiger partial charge is 0.502 e. The van der Waals surface area contributed by atoms with E-state index in [0.29, 0.717) is 28.7 Å². The van der Waals surface area contributed by atoms with Crippen molar-refractivity contribution in [2.75, 3.05) is 0 Å². The Hall–Kier alpha value is -3.55. The topological polar surface area (TPSA) is 111 Å². The van der Waals surface area contributed by atoms with Crippen LogP contribution in [-0.4, -0.2) is 25.9 Å². The first-order valence-electron chi connectivity index (χ1n) is 8.45. The smallest absolute Gasteiger partial charge is 0.311 e. The third-order valence-corrected chi connectivity index (χ3v) is 4.07. The minimum atomic E-state index is -0.661. The van der Waals surface area contributed by atoms with Gasteiger partial charge in [-0.15, -0.1) is 0 Å². The van der Waals surface area contributed by atoms with E-state index in [1.807, 2.05) is 13.0 Å². The number of fused-ring (bicyclic) bond motifs is 1. The SMILES string of the molecule is CCCc1nc2ccccc2c(=O)n1/N=C\c1cc(C)cc([N+](=O)[O-])c1O. The fourth-order valence-electron chi connectivity index (χ4n) is 2.82. The highest BCUT2D eigenvalue weighted by Gasteiger charge is 2.17. The molecule has 0 atom stereocenters. The van der Waals surface area contributed by atoms with Crippen LogP contribution in [0.2, 0.25) is 0 Å². The fraction of sp³-hybridized carbons (Fsp3) is 0.211. The van der Waals surface area contributed by atoms with Crippen molar-refractivity contribution < 1.29 is 10.0 Å².